The molecule has 0 saturated carbocycles. The van der Waals surface area contributed by atoms with E-state index in [1.54, 1.807) is 0 Å². The van der Waals surface area contributed by atoms with Crippen LogP contribution in [0.15, 0.2) is 0 Å². The van der Waals surface area contributed by atoms with Gasteiger partial charge in [-0.15, -0.1) is 0 Å². The summed E-state index contributed by atoms with van der Waals surface area (Å²) >= 11 is 1.13. The molecule has 64 valence electrons. The zero-order chi connectivity index (χ0) is 8.85. The van der Waals surface area contributed by atoms with Crippen LogP contribution < -0.4 is 0 Å². The van der Waals surface area contributed by atoms with E-state index in [4.69, 9.17) is 10.2 Å². The standard InChI is InChI=1S/C6H11AsO4/c7-4(6(10)11)2-1-3-5(8)9/h4H,1-3,7H2,(H,8,9)(H,10,11). The molecule has 0 fully saturated rings. The molecule has 0 saturated heterocycles. The van der Waals surface area contributed by atoms with Gasteiger partial charge in [0.2, 0.25) is 0 Å². The van der Waals surface area contributed by atoms with Gasteiger partial charge < -0.3 is 0 Å². The minimum absolute atomic E-state index is 0.0632. The van der Waals surface area contributed by atoms with Gasteiger partial charge in [0.15, 0.2) is 0 Å². The molecule has 0 aromatic carbocycles. The van der Waals surface area contributed by atoms with E-state index >= 15 is 0 Å². The molecule has 2 N–H and O–H groups in total. The number of carboxylic acids is 2. The van der Waals surface area contributed by atoms with E-state index in [1.807, 2.05) is 0 Å². The second-order valence-electron chi connectivity index (χ2n) is 2.23. The first kappa shape index (κ1) is 10.5. The first-order valence-electron chi connectivity index (χ1n) is 3.24. The van der Waals surface area contributed by atoms with Crippen LogP contribution in [0.4, 0.5) is 0 Å². The molecule has 2 atom stereocenters. The molecule has 0 aliphatic heterocycles. The van der Waals surface area contributed by atoms with Crippen molar-refractivity contribution in [2.45, 2.75) is 24.0 Å². The van der Waals surface area contributed by atoms with Crippen LogP contribution in [0.1, 0.15) is 19.3 Å². The molecule has 11 heavy (non-hydrogen) atoms. The van der Waals surface area contributed by atoms with Crippen LogP contribution in [-0.2, 0) is 9.59 Å². The Kier molecular flexibility index (Phi) is 4.95. The van der Waals surface area contributed by atoms with Crippen molar-refractivity contribution in [3.63, 3.8) is 0 Å². The maximum absolute atomic E-state index is 10.2. The number of aliphatic carboxylic acids is 2. The fraction of sp³-hybridized carbons (Fsp3) is 0.667. The number of carbonyl (C=O) groups is 2. The molecular formula is C6H11AsO4. The summed E-state index contributed by atoms with van der Waals surface area (Å²) in [6.45, 7) is 0. The van der Waals surface area contributed by atoms with Gasteiger partial charge in [-0.05, 0) is 0 Å². The Labute approximate surface area is 73.1 Å². The molecule has 0 aliphatic carbocycles. The van der Waals surface area contributed by atoms with Crippen molar-refractivity contribution in [2.75, 3.05) is 0 Å². The van der Waals surface area contributed by atoms with Crippen LogP contribution >= 0.6 is 0 Å². The average Bonchev–Trinajstić information content (AvgIpc) is 1.86. The van der Waals surface area contributed by atoms with Crippen LogP contribution in [0.25, 0.3) is 0 Å². The van der Waals surface area contributed by atoms with Crippen molar-refractivity contribution >= 4 is 28.8 Å². The zero-order valence-electron chi connectivity index (χ0n) is 5.99. The van der Waals surface area contributed by atoms with Crippen molar-refractivity contribution in [3.05, 3.63) is 0 Å². The second-order valence-corrected chi connectivity index (χ2v) is 3.92. The third kappa shape index (κ3) is 5.92. The van der Waals surface area contributed by atoms with E-state index in [9.17, 15) is 9.59 Å². The molecule has 0 radical (unpaired) electrons. The van der Waals surface area contributed by atoms with Crippen LogP contribution in [-0.4, -0.2) is 39.0 Å². The molecule has 0 aromatic heterocycles. The molecule has 0 aliphatic rings. The quantitative estimate of drug-likeness (QED) is 0.629. The van der Waals surface area contributed by atoms with Crippen LogP contribution in [0.3, 0.4) is 0 Å². The summed E-state index contributed by atoms with van der Waals surface area (Å²) in [6, 6.07) is 0. The molecule has 2 unspecified atom stereocenters. The Morgan fingerprint density at radius 2 is 1.91 bits per heavy atom. The SMILES string of the molecule is O=C(O)CCCC([AsH2])C(=O)O. The first-order chi connectivity index (χ1) is 5.04. The molecule has 0 spiro atoms. The maximum atomic E-state index is 10.2. The van der Waals surface area contributed by atoms with E-state index in [1.165, 1.54) is 0 Å². The second kappa shape index (κ2) is 5.19. The van der Waals surface area contributed by atoms with Crippen molar-refractivity contribution in [1.82, 2.24) is 0 Å². The average molecular weight is 222 g/mol. The summed E-state index contributed by atoms with van der Waals surface area (Å²) < 4.78 is -0.373. The summed E-state index contributed by atoms with van der Waals surface area (Å²) in [5.74, 6) is -1.70. The summed E-state index contributed by atoms with van der Waals surface area (Å²) in [6.07, 6.45) is 0.972. The van der Waals surface area contributed by atoms with E-state index in [2.05, 4.69) is 0 Å². The van der Waals surface area contributed by atoms with Crippen molar-refractivity contribution in [1.29, 1.82) is 0 Å². The van der Waals surface area contributed by atoms with Crippen LogP contribution in [0, 0.1) is 0 Å². The summed E-state index contributed by atoms with van der Waals surface area (Å²) in [4.78, 5) is 20.3. The van der Waals surface area contributed by atoms with E-state index in [0.29, 0.717) is 12.8 Å². The Balaban J connectivity index is 3.39. The number of rotatable bonds is 5. The zero-order valence-corrected chi connectivity index (χ0v) is 8.41. The Bertz CT molecular complexity index is 157. The molecule has 0 heterocycles. The molecule has 0 aromatic rings. The normalized spacial score (nSPS) is 12.5. The molecule has 0 amide bonds. The van der Waals surface area contributed by atoms with Crippen LogP contribution in [0.5, 0.6) is 0 Å². The molecule has 4 nitrogen and oxygen atoms in total. The Hall–Kier alpha value is -0.502. The third-order valence-electron chi connectivity index (χ3n) is 1.22. The van der Waals surface area contributed by atoms with Gasteiger partial charge in [0.25, 0.3) is 0 Å². The number of carboxylic acid groups (broad SMARTS) is 2. The molecule has 5 heteroatoms. The van der Waals surface area contributed by atoms with Crippen molar-refractivity contribution in [3.8, 4) is 0 Å². The van der Waals surface area contributed by atoms with Gasteiger partial charge in [-0.1, -0.05) is 0 Å². The third-order valence-corrected chi connectivity index (χ3v) is 2.52. The number of hydrogen-bond donors (Lipinski definition) is 2. The Morgan fingerprint density at radius 3 is 2.27 bits per heavy atom. The predicted molar refractivity (Wildman–Crippen MR) is 41.4 cm³/mol. The van der Waals surface area contributed by atoms with Crippen LogP contribution in [0.2, 0.25) is 4.71 Å². The van der Waals surface area contributed by atoms with Gasteiger partial charge in [-0.3, -0.25) is 0 Å². The topological polar surface area (TPSA) is 74.6 Å². The fourth-order valence-electron chi connectivity index (χ4n) is 0.597. The van der Waals surface area contributed by atoms with Gasteiger partial charge in [0.05, 0.1) is 0 Å². The minimum atomic E-state index is -0.866. The summed E-state index contributed by atoms with van der Waals surface area (Å²) in [5.41, 5.74) is 0. The van der Waals surface area contributed by atoms with E-state index in [0.717, 1.165) is 16.9 Å². The Morgan fingerprint density at radius 1 is 1.36 bits per heavy atom. The van der Waals surface area contributed by atoms with Crippen molar-refractivity contribution in [2.24, 2.45) is 0 Å². The monoisotopic (exact) mass is 222 g/mol. The van der Waals surface area contributed by atoms with Gasteiger partial charge >= 0.3 is 72.6 Å². The van der Waals surface area contributed by atoms with E-state index < -0.39 is 11.9 Å². The summed E-state index contributed by atoms with van der Waals surface area (Å²) in [5, 5.41) is 16.6. The first-order valence-corrected chi connectivity index (χ1v) is 4.64. The fourth-order valence-corrected chi connectivity index (χ4v) is 1.09. The van der Waals surface area contributed by atoms with Gasteiger partial charge in [-0.25, -0.2) is 0 Å². The van der Waals surface area contributed by atoms with Crippen molar-refractivity contribution < 1.29 is 19.8 Å². The molecular weight excluding hydrogens is 211 g/mol. The van der Waals surface area contributed by atoms with E-state index in [-0.39, 0.29) is 11.1 Å². The summed E-state index contributed by atoms with van der Waals surface area (Å²) in [7, 11) is 0. The predicted octanol–water partition coefficient (Wildman–Crippen LogP) is -0.253. The molecule has 0 bridgehead atoms. The number of hydrogen-bond acceptors (Lipinski definition) is 2. The molecule has 0 rings (SSSR count). The van der Waals surface area contributed by atoms with Gasteiger partial charge in [0.1, 0.15) is 0 Å². The van der Waals surface area contributed by atoms with Gasteiger partial charge in [0, 0.05) is 0 Å². The van der Waals surface area contributed by atoms with Gasteiger partial charge in [-0.2, -0.15) is 0 Å².